The third kappa shape index (κ3) is 4.29. The highest BCUT2D eigenvalue weighted by Crippen LogP contribution is 2.28. The molecule has 0 saturated heterocycles. The number of benzene rings is 2. The summed E-state index contributed by atoms with van der Waals surface area (Å²) in [5.74, 6) is 1.02. The van der Waals surface area contributed by atoms with Gasteiger partial charge in [-0.1, -0.05) is 24.3 Å². The molecule has 1 aliphatic heterocycles. The smallest absolute Gasteiger partial charge is 0.267 e. The zero-order valence-corrected chi connectivity index (χ0v) is 14.0. The average molecular weight is 340 g/mol. The molecule has 0 saturated carbocycles. The molecule has 2 aromatic carbocycles. The standard InChI is InChI=1S/C19H20N2O4/c1-24-14-9-6-13(7-10-14)8-11-18(22)20-12-17-19(23)21-15-4-2-3-5-16(15)25-17/h2-7,9-10,17H,8,11-12H2,1H3,(H,20,22)(H,21,23). The fourth-order valence-electron chi connectivity index (χ4n) is 2.57. The Balaban J connectivity index is 1.46. The fraction of sp³-hybridized carbons (Fsp3) is 0.263. The van der Waals surface area contributed by atoms with Crippen LogP contribution in [0.2, 0.25) is 0 Å². The maximum atomic E-state index is 12.0. The second-order valence-electron chi connectivity index (χ2n) is 5.74. The minimum atomic E-state index is -0.722. The maximum Gasteiger partial charge on any atom is 0.267 e. The number of carbonyl (C=O) groups excluding carboxylic acids is 2. The predicted octanol–water partition coefficient (Wildman–Crippen LogP) is 2.14. The van der Waals surface area contributed by atoms with Gasteiger partial charge in [-0.05, 0) is 36.2 Å². The van der Waals surface area contributed by atoms with E-state index in [9.17, 15) is 9.59 Å². The molecule has 0 aliphatic carbocycles. The summed E-state index contributed by atoms with van der Waals surface area (Å²) in [6, 6.07) is 14.8. The number of ether oxygens (including phenoxy) is 2. The lowest BCUT2D eigenvalue weighted by Crippen LogP contribution is -2.45. The molecule has 2 amide bonds. The highest BCUT2D eigenvalue weighted by atomic mass is 16.5. The number of carbonyl (C=O) groups is 2. The zero-order chi connectivity index (χ0) is 17.6. The second kappa shape index (κ2) is 7.70. The van der Waals surface area contributed by atoms with Gasteiger partial charge in [-0.3, -0.25) is 9.59 Å². The van der Waals surface area contributed by atoms with Crippen molar-refractivity contribution in [3.05, 3.63) is 54.1 Å². The van der Waals surface area contributed by atoms with Crippen molar-refractivity contribution in [1.82, 2.24) is 5.32 Å². The molecule has 1 unspecified atom stereocenters. The quantitative estimate of drug-likeness (QED) is 0.845. The van der Waals surface area contributed by atoms with Gasteiger partial charge in [-0.15, -0.1) is 0 Å². The van der Waals surface area contributed by atoms with Crippen LogP contribution in [0, 0.1) is 0 Å². The highest BCUT2D eigenvalue weighted by molar-refractivity contribution is 5.98. The van der Waals surface area contributed by atoms with E-state index in [2.05, 4.69) is 10.6 Å². The van der Waals surface area contributed by atoms with Gasteiger partial charge in [0.2, 0.25) is 5.91 Å². The topological polar surface area (TPSA) is 76.7 Å². The maximum absolute atomic E-state index is 12.0. The molecular weight excluding hydrogens is 320 g/mol. The molecule has 6 heteroatoms. The Kier molecular flexibility index (Phi) is 5.18. The summed E-state index contributed by atoms with van der Waals surface area (Å²) in [5.41, 5.74) is 1.70. The fourth-order valence-corrected chi connectivity index (χ4v) is 2.57. The van der Waals surface area contributed by atoms with E-state index in [0.29, 0.717) is 24.3 Å². The summed E-state index contributed by atoms with van der Waals surface area (Å²) < 4.78 is 10.7. The number of fused-ring (bicyclic) bond motifs is 1. The van der Waals surface area contributed by atoms with Gasteiger partial charge >= 0.3 is 0 Å². The number of nitrogens with one attached hydrogen (secondary N) is 2. The molecule has 0 fully saturated rings. The third-order valence-electron chi connectivity index (χ3n) is 3.99. The normalized spacial score (nSPS) is 15.6. The summed E-state index contributed by atoms with van der Waals surface area (Å²) in [6.45, 7) is 0.140. The van der Waals surface area contributed by atoms with Gasteiger partial charge in [0.1, 0.15) is 11.5 Å². The van der Waals surface area contributed by atoms with E-state index in [4.69, 9.17) is 9.47 Å². The van der Waals surface area contributed by atoms with Gasteiger partial charge < -0.3 is 20.1 Å². The van der Waals surface area contributed by atoms with Gasteiger partial charge in [-0.2, -0.15) is 0 Å². The van der Waals surface area contributed by atoms with E-state index in [0.717, 1.165) is 11.3 Å². The zero-order valence-electron chi connectivity index (χ0n) is 14.0. The van der Waals surface area contributed by atoms with Crippen LogP contribution in [0.4, 0.5) is 5.69 Å². The van der Waals surface area contributed by atoms with Crippen LogP contribution in [-0.2, 0) is 16.0 Å². The predicted molar refractivity (Wildman–Crippen MR) is 93.8 cm³/mol. The minimum Gasteiger partial charge on any atom is -0.497 e. The van der Waals surface area contributed by atoms with Crippen LogP contribution in [0.1, 0.15) is 12.0 Å². The summed E-state index contributed by atoms with van der Waals surface area (Å²) in [6.07, 6.45) is 0.244. The molecule has 0 radical (unpaired) electrons. The van der Waals surface area contributed by atoms with E-state index >= 15 is 0 Å². The summed E-state index contributed by atoms with van der Waals surface area (Å²) in [5, 5.41) is 5.53. The van der Waals surface area contributed by atoms with Gasteiger partial charge in [0, 0.05) is 6.42 Å². The number of para-hydroxylation sites is 2. The largest absolute Gasteiger partial charge is 0.497 e. The SMILES string of the molecule is COc1ccc(CCC(=O)NCC2Oc3ccccc3NC2=O)cc1. The number of rotatable bonds is 6. The van der Waals surface area contributed by atoms with Crippen molar-refractivity contribution >= 4 is 17.5 Å². The average Bonchev–Trinajstić information content (AvgIpc) is 2.65. The summed E-state index contributed by atoms with van der Waals surface area (Å²) in [4.78, 5) is 24.0. The number of aryl methyl sites for hydroxylation is 1. The van der Waals surface area contributed by atoms with Crippen LogP contribution < -0.4 is 20.1 Å². The Hall–Kier alpha value is -3.02. The first-order chi connectivity index (χ1) is 12.2. The molecule has 0 spiro atoms. The Morgan fingerprint density at radius 2 is 1.96 bits per heavy atom. The Labute approximate surface area is 146 Å². The molecule has 1 aliphatic rings. The van der Waals surface area contributed by atoms with E-state index in [1.165, 1.54) is 0 Å². The third-order valence-corrected chi connectivity index (χ3v) is 3.99. The molecule has 0 bridgehead atoms. The minimum absolute atomic E-state index is 0.119. The van der Waals surface area contributed by atoms with Crippen LogP contribution >= 0.6 is 0 Å². The number of anilines is 1. The van der Waals surface area contributed by atoms with Crippen molar-refractivity contribution in [3.8, 4) is 11.5 Å². The number of methoxy groups -OCH3 is 1. The molecule has 1 heterocycles. The first-order valence-corrected chi connectivity index (χ1v) is 8.12. The lowest BCUT2D eigenvalue weighted by Gasteiger charge is -2.25. The molecular formula is C19H20N2O4. The summed E-state index contributed by atoms with van der Waals surface area (Å²) in [7, 11) is 1.62. The molecule has 25 heavy (non-hydrogen) atoms. The number of amides is 2. The van der Waals surface area contributed by atoms with Crippen LogP contribution in [0.15, 0.2) is 48.5 Å². The first-order valence-electron chi connectivity index (χ1n) is 8.12. The van der Waals surface area contributed by atoms with E-state index in [-0.39, 0.29) is 18.4 Å². The lowest BCUT2D eigenvalue weighted by molar-refractivity contribution is -0.125. The molecule has 1 atom stereocenters. The Morgan fingerprint density at radius 1 is 1.20 bits per heavy atom. The van der Waals surface area contributed by atoms with Crippen molar-refractivity contribution in [2.24, 2.45) is 0 Å². The van der Waals surface area contributed by atoms with Crippen LogP contribution in [0.25, 0.3) is 0 Å². The van der Waals surface area contributed by atoms with E-state index in [1.54, 1.807) is 19.2 Å². The van der Waals surface area contributed by atoms with Crippen molar-refractivity contribution < 1.29 is 19.1 Å². The van der Waals surface area contributed by atoms with Crippen LogP contribution in [-0.4, -0.2) is 31.6 Å². The van der Waals surface area contributed by atoms with E-state index < -0.39 is 6.10 Å². The first kappa shape index (κ1) is 16.8. The molecule has 3 rings (SSSR count). The van der Waals surface area contributed by atoms with Gasteiger partial charge in [0.25, 0.3) is 5.91 Å². The van der Waals surface area contributed by atoms with Gasteiger partial charge in [0.05, 0.1) is 19.3 Å². The Bertz CT molecular complexity index is 758. The van der Waals surface area contributed by atoms with Gasteiger partial charge in [-0.25, -0.2) is 0 Å². The number of hydrogen-bond donors (Lipinski definition) is 2. The number of hydrogen-bond acceptors (Lipinski definition) is 4. The lowest BCUT2D eigenvalue weighted by atomic mass is 10.1. The highest BCUT2D eigenvalue weighted by Gasteiger charge is 2.27. The monoisotopic (exact) mass is 340 g/mol. The molecule has 6 nitrogen and oxygen atoms in total. The van der Waals surface area contributed by atoms with Crippen molar-refractivity contribution in [3.63, 3.8) is 0 Å². The van der Waals surface area contributed by atoms with Crippen LogP contribution in [0.3, 0.4) is 0 Å². The Morgan fingerprint density at radius 3 is 2.72 bits per heavy atom. The molecule has 2 aromatic rings. The summed E-state index contributed by atoms with van der Waals surface area (Å²) >= 11 is 0. The van der Waals surface area contributed by atoms with Crippen molar-refractivity contribution in [2.75, 3.05) is 19.0 Å². The molecule has 0 aromatic heterocycles. The molecule has 130 valence electrons. The molecule has 2 N–H and O–H groups in total. The van der Waals surface area contributed by atoms with Crippen molar-refractivity contribution in [1.29, 1.82) is 0 Å². The van der Waals surface area contributed by atoms with Crippen molar-refractivity contribution in [2.45, 2.75) is 18.9 Å². The second-order valence-corrected chi connectivity index (χ2v) is 5.74. The van der Waals surface area contributed by atoms with Crippen LogP contribution in [0.5, 0.6) is 11.5 Å². The van der Waals surface area contributed by atoms with Gasteiger partial charge in [0.15, 0.2) is 6.10 Å². The van der Waals surface area contributed by atoms with E-state index in [1.807, 2.05) is 36.4 Å².